The highest BCUT2D eigenvalue weighted by atomic mass is 32.1. The van der Waals surface area contributed by atoms with Gasteiger partial charge in [0, 0.05) is 17.3 Å². The molecule has 188 valence electrons. The molecule has 4 nitrogen and oxygen atoms in total. The molecule has 1 saturated heterocycles. The Labute approximate surface area is 216 Å². The number of Topliss-reactive ketones (excluding diaryl/α,β-unsaturated/α-hetero) is 1. The molecular formula is C30H40NO3S+. The largest absolute Gasteiger partial charge is 0.388 e. The molecule has 1 heterocycles. The molecule has 1 fully saturated rings. The van der Waals surface area contributed by atoms with Gasteiger partial charge in [-0.15, -0.1) is 0 Å². The van der Waals surface area contributed by atoms with Gasteiger partial charge in [0.1, 0.15) is 5.69 Å². The van der Waals surface area contributed by atoms with E-state index in [-0.39, 0.29) is 21.4 Å². The lowest BCUT2D eigenvalue weighted by molar-refractivity contribution is -0.153. The van der Waals surface area contributed by atoms with E-state index in [0.717, 1.165) is 37.7 Å². The number of hydrogen-bond acceptors (Lipinski definition) is 3. The first-order valence-electron chi connectivity index (χ1n) is 13.0. The number of rotatable bonds is 10. The van der Waals surface area contributed by atoms with Crippen LogP contribution in [0.1, 0.15) is 77.7 Å². The Bertz CT molecular complexity index is 1020. The number of piperidine rings is 1. The molecule has 4 unspecified atom stereocenters. The van der Waals surface area contributed by atoms with E-state index in [2.05, 4.69) is 31.7 Å². The van der Waals surface area contributed by atoms with Crippen LogP contribution < -0.4 is 4.48 Å². The van der Waals surface area contributed by atoms with E-state index in [4.69, 9.17) is 0 Å². The zero-order valence-electron chi connectivity index (χ0n) is 21.6. The third kappa shape index (κ3) is 5.62. The van der Waals surface area contributed by atoms with E-state index in [9.17, 15) is 14.4 Å². The fraction of sp³-hybridized carbons (Fsp3) is 0.500. The van der Waals surface area contributed by atoms with E-state index in [1.165, 1.54) is 0 Å². The molecule has 2 aromatic rings. The number of amides is 1. The van der Waals surface area contributed by atoms with Crippen LogP contribution in [0, 0.1) is 11.3 Å². The van der Waals surface area contributed by atoms with Crippen molar-refractivity contribution in [2.75, 3.05) is 6.54 Å². The van der Waals surface area contributed by atoms with Crippen molar-refractivity contribution < 1.29 is 14.4 Å². The second-order valence-corrected chi connectivity index (χ2v) is 11.1. The van der Waals surface area contributed by atoms with Gasteiger partial charge in [-0.05, 0) is 37.0 Å². The molecule has 1 amide bonds. The molecule has 0 saturated carbocycles. The Kier molecular flexibility index (Phi) is 9.11. The average Bonchev–Trinajstić information content (AvgIpc) is 2.88. The van der Waals surface area contributed by atoms with Crippen molar-refractivity contribution in [2.45, 2.75) is 78.2 Å². The first kappa shape index (κ1) is 27.3. The number of benzene rings is 2. The van der Waals surface area contributed by atoms with Crippen LogP contribution >= 0.6 is 12.6 Å². The Morgan fingerprint density at radius 1 is 0.943 bits per heavy atom. The van der Waals surface area contributed by atoms with Crippen LogP contribution in [0.2, 0.25) is 0 Å². The zero-order chi connectivity index (χ0) is 25.6. The fourth-order valence-corrected chi connectivity index (χ4v) is 6.00. The molecule has 0 N–H and O–H groups in total. The first-order valence-corrected chi connectivity index (χ1v) is 13.4. The van der Waals surface area contributed by atoms with Gasteiger partial charge in [0.15, 0.2) is 6.04 Å². The van der Waals surface area contributed by atoms with Crippen molar-refractivity contribution >= 4 is 35.1 Å². The lowest BCUT2D eigenvalue weighted by Crippen LogP contribution is -2.71. The average molecular weight is 495 g/mol. The summed E-state index contributed by atoms with van der Waals surface area (Å²) in [5.41, 5.74) is 1.04. The molecule has 35 heavy (non-hydrogen) atoms. The summed E-state index contributed by atoms with van der Waals surface area (Å²) in [6, 6.07) is 19.0. The monoisotopic (exact) mass is 494 g/mol. The van der Waals surface area contributed by atoms with Crippen molar-refractivity contribution in [3.63, 3.8) is 0 Å². The van der Waals surface area contributed by atoms with Crippen molar-refractivity contribution in [1.82, 2.24) is 4.48 Å². The van der Waals surface area contributed by atoms with Crippen molar-refractivity contribution in [3.05, 3.63) is 66.2 Å². The smallest absolute Gasteiger partial charge is 0.283 e. The van der Waals surface area contributed by atoms with Crippen LogP contribution in [0.5, 0.6) is 0 Å². The van der Waals surface area contributed by atoms with Crippen LogP contribution in [0.4, 0.5) is 5.69 Å². The number of hydrogen-bond donors (Lipinski definition) is 1. The molecule has 0 spiro atoms. The predicted octanol–water partition coefficient (Wildman–Crippen LogP) is 6.73. The van der Waals surface area contributed by atoms with Gasteiger partial charge < -0.3 is 0 Å². The lowest BCUT2D eigenvalue weighted by atomic mass is 9.74. The molecule has 5 heteroatoms. The van der Waals surface area contributed by atoms with Gasteiger partial charge in [-0.2, -0.15) is 0 Å². The molecule has 2 aromatic carbocycles. The molecule has 1 aliphatic rings. The third-order valence-corrected chi connectivity index (χ3v) is 8.26. The first-order chi connectivity index (χ1) is 16.7. The van der Waals surface area contributed by atoms with Gasteiger partial charge in [0.2, 0.25) is 5.12 Å². The van der Waals surface area contributed by atoms with Gasteiger partial charge in [-0.25, -0.2) is 9.28 Å². The van der Waals surface area contributed by atoms with Crippen molar-refractivity contribution in [3.8, 4) is 0 Å². The highest BCUT2D eigenvalue weighted by Crippen LogP contribution is 2.46. The predicted molar refractivity (Wildman–Crippen MR) is 146 cm³/mol. The summed E-state index contributed by atoms with van der Waals surface area (Å²) < 4.78 is -0.276. The highest BCUT2D eigenvalue weighted by Gasteiger charge is 2.60. The fourth-order valence-electron chi connectivity index (χ4n) is 5.60. The highest BCUT2D eigenvalue weighted by molar-refractivity contribution is 7.96. The number of likely N-dealkylation sites (tertiary alicyclic amines) is 1. The number of nitrogens with zero attached hydrogens (tertiary/aromatic N) is 1. The van der Waals surface area contributed by atoms with Gasteiger partial charge >= 0.3 is 5.91 Å². The Hall–Kier alpha value is -2.24. The van der Waals surface area contributed by atoms with Crippen molar-refractivity contribution in [1.29, 1.82) is 0 Å². The maximum absolute atomic E-state index is 14.4. The number of quaternary nitrogens is 1. The molecule has 4 atom stereocenters. The summed E-state index contributed by atoms with van der Waals surface area (Å²) in [4.78, 5) is 41.5. The number of carbonyl (C=O) groups is 3. The Morgan fingerprint density at radius 2 is 1.54 bits per heavy atom. The molecule has 3 rings (SSSR count). The molecule has 0 bridgehead atoms. The molecule has 0 radical (unpaired) electrons. The maximum atomic E-state index is 14.4. The number of para-hydroxylation sites is 1. The SMILES string of the molecule is CCCCCC1CC(c2ccccc2)C[N+](C(=O)C(=O)C(C)(C)CC)(c2ccccc2)C1C(=O)S. The van der Waals surface area contributed by atoms with Crippen LogP contribution in [0.25, 0.3) is 0 Å². The standard InChI is InChI=1S/C30H39NO3S/c1-5-7-10-17-23-20-24(22-15-11-8-12-16-22)21-31(26(23)29(34)35,25-18-13-9-14-19-25)28(33)27(32)30(3,4)6-2/h8-9,11-16,18-19,23-24,26H,5-7,10,17,20-21H2,1-4H3/p+1. The maximum Gasteiger partial charge on any atom is 0.388 e. The second kappa shape index (κ2) is 11.7. The Balaban J connectivity index is 2.25. The summed E-state index contributed by atoms with van der Waals surface area (Å²) in [6.07, 6.45) is 5.32. The number of unbranched alkanes of at least 4 members (excludes halogenated alkanes) is 2. The van der Waals surface area contributed by atoms with Gasteiger partial charge in [0.25, 0.3) is 5.78 Å². The van der Waals surface area contributed by atoms with Crippen LogP contribution in [0.15, 0.2) is 60.7 Å². The summed E-state index contributed by atoms with van der Waals surface area (Å²) in [7, 11) is 0. The van der Waals surface area contributed by atoms with Crippen LogP contribution in [-0.4, -0.2) is 29.4 Å². The normalized spacial score (nSPS) is 24.7. The third-order valence-electron chi connectivity index (χ3n) is 7.99. The summed E-state index contributed by atoms with van der Waals surface area (Å²) in [6.45, 7) is 8.11. The van der Waals surface area contributed by atoms with E-state index in [1.54, 1.807) is 0 Å². The topological polar surface area (TPSA) is 51.2 Å². The Morgan fingerprint density at radius 3 is 2.09 bits per heavy atom. The van der Waals surface area contributed by atoms with E-state index in [0.29, 0.717) is 18.7 Å². The number of thiol groups is 1. The summed E-state index contributed by atoms with van der Waals surface area (Å²) in [5, 5.41) is -0.308. The summed E-state index contributed by atoms with van der Waals surface area (Å²) >= 11 is 4.37. The van der Waals surface area contributed by atoms with E-state index < -0.39 is 23.1 Å². The second-order valence-electron chi connectivity index (χ2n) is 10.6. The summed E-state index contributed by atoms with van der Waals surface area (Å²) in [5.74, 6) is -0.901. The minimum atomic E-state index is -0.807. The zero-order valence-corrected chi connectivity index (χ0v) is 22.5. The molecule has 1 aliphatic heterocycles. The van der Waals surface area contributed by atoms with Crippen LogP contribution in [0.3, 0.4) is 0 Å². The minimum absolute atomic E-state index is 0.0489. The molecule has 0 aromatic heterocycles. The van der Waals surface area contributed by atoms with E-state index >= 15 is 0 Å². The lowest BCUT2D eigenvalue weighted by Gasteiger charge is -2.50. The quantitative estimate of drug-likeness (QED) is 0.172. The molecular weight excluding hydrogens is 454 g/mol. The van der Waals surface area contributed by atoms with Gasteiger partial charge in [0.05, 0.1) is 6.54 Å². The minimum Gasteiger partial charge on any atom is -0.283 e. The van der Waals surface area contributed by atoms with Crippen LogP contribution in [-0.2, 0) is 14.4 Å². The molecule has 0 aliphatic carbocycles. The van der Waals surface area contributed by atoms with E-state index in [1.807, 2.05) is 69.3 Å². The van der Waals surface area contributed by atoms with Crippen molar-refractivity contribution in [2.24, 2.45) is 11.3 Å². The number of carbonyl (C=O) groups excluding carboxylic acids is 3. The number of ketones is 1. The van der Waals surface area contributed by atoms with Gasteiger partial charge in [-0.3, -0.25) is 9.59 Å². The van der Waals surface area contributed by atoms with Gasteiger partial charge in [-0.1, -0.05) is 108 Å².